The number of aromatic nitrogens is 2. The Kier molecular flexibility index (Phi) is 2.64. The number of hydrogen-bond acceptors (Lipinski definition) is 2. The molecule has 1 aromatic rings. The first kappa shape index (κ1) is 10.8. The highest BCUT2D eigenvalue weighted by atomic mass is 16.4. The molecule has 0 unspecified atom stereocenters. The molecule has 4 heteroatoms. The normalized spacial score (nSPS) is 11.7. The summed E-state index contributed by atoms with van der Waals surface area (Å²) in [4.78, 5) is 14.8. The van der Waals surface area contributed by atoms with E-state index < -0.39 is 5.97 Å². The van der Waals surface area contributed by atoms with Gasteiger partial charge in [-0.3, -0.25) is 4.79 Å². The molecular weight excluding hydrogens is 180 g/mol. The third-order valence-electron chi connectivity index (χ3n) is 2.12. The molecule has 4 nitrogen and oxygen atoms in total. The van der Waals surface area contributed by atoms with Gasteiger partial charge in [0.1, 0.15) is 0 Å². The molecule has 0 radical (unpaired) electrons. The van der Waals surface area contributed by atoms with Gasteiger partial charge in [0.2, 0.25) is 0 Å². The monoisotopic (exact) mass is 196 g/mol. The minimum absolute atomic E-state index is 0.0309. The summed E-state index contributed by atoms with van der Waals surface area (Å²) in [5.74, 6) is -0.820. The van der Waals surface area contributed by atoms with Gasteiger partial charge < -0.3 is 9.67 Å². The molecule has 0 amide bonds. The van der Waals surface area contributed by atoms with E-state index in [2.05, 4.69) is 4.98 Å². The predicted molar refractivity (Wildman–Crippen MR) is 53.3 cm³/mol. The Morgan fingerprint density at radius 3 is 2.57 bits per heavy atom. The van der Waals surface area contributed by atoms with Crippen LogP contribution in [-0.4, -0.2) is 20.6 Å². The lowest BCUT2D eigenvalue weighted by molar-refractivity contribution is -0.136. The number of carbonyl (C=O) groups is 1. The van der Waals surface area contributed by atoms with E-state index >= 15 is 0 Å². The Morgan fingerprint density at radius 1 is 1.57 bits per heavy atom. The van der Waals surface area contributed by atoms with E-state index in [1.807, 2.05) is 32.3 Å². The van der Waals surface area contributed by atoms with E-state index in [0.717, 1.165) is 11.4 Å². The predicted octanol–water partition coefficient (Wildman–Crippen LogP) is 1.57. The van der Waals surface area contributed by atoms with Crippen molar-refractivity contribution < 1.29 is 9.90 Å². The van der Waals surface area contributed by atoms with Gasteiger partial charge in [-0.15, -0.1) is 0 Å². The van der Waals surface area contributed by atoms with Crippen LogP contribution >= 0.6 is 0 Å². The van der Waals surface area contributed by atoms with Crippen LogP contribution in [0.25, 0.3) is 0 Å². The van der Waals surface area contributed by atoms with Crippen LogP contribution in [0.3, 0.4) is 0 Å². The van der Waals surface area contributed by atoms with Crippen molar-refractivity contribution in [3.8, 4) is 0 Å². The Hall–Kier alpha value is -1.32. The summed E-state index contributed by atoms with van der Waals surface area (Å²) in [6.07, 6.45) is 1.73. The SMILES string of the molecule is Cc1ncn(C(C)(C)C)c1CC(=O)O. The molecule has 1 aromatic heterocycles. The minimum Gasteiger partial charge on any atom is -0.481 e. The summed E-state index contributed by atoms with van der Waals surface area (Å²) >= 11 is 0. The van der Waals surface area contributed by atoms with Gasteiger partial charge in [-0.2, -0.15) is 0 Å². The van der Waals surface area contributed by atoms with Crippen LogP contribution < -0.4 is 0 Å². The molecule has 1 rings (SSSR count). The number of hydrogen-bond donors (Lipinski definition) is 1. The third-order valence-corrected chi connectivity index (χ3v) is 2.12. The van der Waals surface area contributed by atoms with Crippen LogP contribution in [0, 0.1) is 6.92 Å². The van der Waals surface area contributed by atoms with Crippen molar-refractivity contribution in [3.63, 3.8) is 0 Å². The van der Waals surface area contributed by atoms with Crippen molar-refractivity contribution in [1.29, 1.82) is 0 Å². The topological polar surface area (TPSA) is 55.1 Å². The first-order valence-electron chi connectivity index (χ1n) is 4.57. The van der Waals surface area contributed by atoms with Gasteiger partial charge in [-0.25, -0.2) is 4.98 Å². The van der Waals surface area contributed by atoms with Gasteiger partial charge in [0.05, 0.1) is 24.1 Å². The molecule has 0 saturated carbocycles. The third kappa shape index (κ3) is 2.13. The van der Waals surface area contributed by atoms with Crippen molar-refractivity contribution in [2.75, 3.05) is 0 Å². The number of carboxylic acid groups (broad SMARTS) is 1. The molecule has 0 aliphatic heterocycles. The first-order chi connectivity index (χ1) is 6.32. The second kappa shape index (κ2) is 3.44. The van der Waals surface area contributed by atoms with Crippen molar-refractivity contribution >= 4 is 5.97 Å². The van der Waals surface area contributed by atoms with Crippen LogP contribution in [-0.2, 0) is 16.8 Å². The lowest BCUT2D eigenvalue weighted by Gasteiger charge is -2.23. The van der Waals surface area contributed by atoms with E-state index in [1.165, 1.54) is 0 Å². The Bertz CT molecular complexity index is 347. The second-order valence-corrected chi connectivity index (χ2v) is 4.39. The molecule has 0 saturated heterocycles. The molecule has 14 heavy (non-hydrogen) atoms. The summed E-state index contributed by atoms with van der Waals surface area (Å²) in [6, 6.07) is 0. The van der Waals surface area contributed by atoms with Crippen LogP contribution in [0.2, 0.25) is 0 Å². The zero-order valence-electron chi connectivity index (χ0n) is 9.03. The summed E-state index contributed by atoms with van der Waals surface area (Å²) in [5.41, 5.74) is 1.46. The Labute approximate surface area is 83.6 Å². The van der Waals surface area contributed by atoms with Gasteiger partial charge in [0.15, 0.2) is 0 Å². The van der Waals surface area contributed by atoms with Crippen molar-refractivity contribution in [1.82, 2.24) is 9.55 Å². The molecule has 78 valence electrons. The van der Waals surface area contributed by atoms with Crippen LogP contribution in [0.15, 0.2) is 6.33 Å². The van der Waals surface area contributed by atoms with E-state index in [4.69, 9.17) is 5.11 Å². The molecule has 0 fully saturated rings. The number of carboxylic acids is 1. The van der Waals surface area contributed by atoms with Crippen molar-refractivity contribution in [3.05, 3.63) is 17.7 Å². The van der Waals surface area contributed by atoms with Gasteiger partial charge in [0.25, 0.3) is 0 Å². The van der Waals surface area contributed by atoms with Crippen LogP contribution in [0.1, 0.15) is 32.2 Å². The summed E-state index contributed by atoms with van der Waals surface area (Å²) < 4.78 is 1.91. The molecule has 0 spiro atoms. The van der Waals surface area contributed by atoms with Gasteiger partial charge in [0, 0.05) is 5.54 Å². The minimum atomic E-state index is -0.820. The largest absolute Gasteiger partial charge is 0.481 e. The van der Waals surface area contributed by atoms with Crippen molar-refractivity contribution in [2.45, 2.75) is 39.7 Å². The highest BCUT2D eigenvalue weighted by Gasteiger charge is 2.19. The number of aryl methyl sites for hydroxylation is 1. The number of nitrogens with zero attached hydrogens (tertiary/aromatic N) is 2. The summed E-state index contributed by atoms with van der Waals surface area (Å²) in [7, 11) is 0. The van der Waals surface area contributed by atoms with Crippen LogP contribution in [0.4, 0.5) is 0 Å². The fourth-order valence-electron chi connectivity index (χ4n) is 1.40. The summed E-state index contributed by atoms with van der Waals surface area (Å²) in [6.45, 7) is 7.92. The molecule has 0 aromatic carbocycles. The average Bonchev–Trinajstić information content (AvgIpc) is 2.30. The van der Waals surface area contributed by atoms with Crippen LogP contribution in [0.5, 0.6) is 0 Å². The maximum absolute atomic E-state index is 10.7. The highest BCUT2D eigenvalue weighted by molar-refractivity contribution is 5.70. The van der Waals surface area contributed by atoms with Gasteiger partial charge in [-0.1, -0.05) is 0 Å². The maximum Gasteiger partial charge on any atom is 0.309 e. The summed E-state index contributed by atoms with van der Waals surface area (Å²) in [5, 5.41) is 8.76. The molecule has 1 N–H and O–H groups in total. The standard InChI is InChI=1S/C10H16N2O2/c1-7-8(5-9(13)14)12(6-11-7)10(2,3)4/h6H,5H2,1-4H3,(H,13,14). The quantitative estimate of drug-likeness (QED) is 0.781. The fourth-order valence-corrected chi connectivity index (χ4v) is 1.40. The molecule has 0 aliphatic rings. The molecule has 0 bridgehead atoms. The molecule has 0 atom stereocenters. The van der Waals surface area contributed by atoms with Gasteiger partial charge >= 0.3 is 5.97 Å². The Morgan fingerprint density at radius 2 is 2.14 bits per heavy atom. The van der Waals surface area contributed by atoms with Gasteiger partial charge in [-0.05, 0) is 27.7 Å². The van der Waals surface area contributed by atoms with E-state index in [1.54, 1.807) is 6.33 Å². The lowest BCUT2D eigenvalue weighted by atomic mass is 10.1. The Balaban J connectivity index is 3.13. The van der Waals surface area contributed by atoms with E-state index in [9.17, 15) is 4.79 Å². The first-order valence-corrected chi connectivity index (χ1v) is 4.57. The zero-order valence-corrected chi connectivity index (χ0v) is 9.03. The number of imidazole rings is 1. The average molecular weight is 196 g/mol. The van der Waals surface area contributed by atoms with E-state index in [0.29, 0.717) is 0 Å². The zero-order chi connectivity index (χ0) is 10.9. The number of aliphatic carboxylic acids is 1. The number of rotatable bonds is 2. The molecule has 0 aliphatic carbocycles. The molecule has 1 heterocycles. The smallest absolute Gasteiger partial charge is 0.309 e. The second-order valence-electron chi connectivity index (χ2n) is 4.39. The lowest BCUT2D eigenvalue weighted by Crippen LogP contribution is -2.24. The fraction of sp³-hybridized carbons (Fsp3) is 0.600. The van der Waals surface area contributed by atoms with E-state index in [-0.39, 0.29) is 12.0 Å². The maximum atomic E-state index is 10.7. The highest BCUT2D eigenvalue weighted by Crippen LogP contribution is 2.19. The molecular formula is C10H16N2O2. The van der Waals surface area contributed by atoms with Crippen molar-refractivity contribution in [2.24, 2.45) is 0 Å².